The molecule has 5 nitrogen and oxygen atoms in total. The number of amides is 2. The van der Waals surface area contributed by atoms with Gasteiger partial charge in [-0.25, -0.2) is 0 Å². The summed E-state index contributed by atoms with van der Waals surface area (Å²) in [6.45, 7) is 2.18. The summed E-state index contributed by atoms with van der Waals surface area (Å²) in [5.74, 6) is 0.0465. The van der Waals surface area contributed by atoms with Gasteiger partial charge < -0.3 is 15.3 Å². The summed E-state index contributed by atoms with van der Waals surface area (Å²) in [4.78, 5) is 26.6. The van der Waals surface area contributed by atoms with Gasteiger partial charge in [0, 0.05) is 25.6 Å². The number of phenols is 1. The van der Waals surface area contributed by atoms with E-state index in [9.17, 15) is 14.7 Å². The fraction of sp³-hybridized carbons (Fsp3) is 0.391. The summed E-state index contributed by atoms with van der Waals surface area (Å²) in [5.41, 5.74) is 2.01. The van der Waals surface area contributed by atoms with Crippen molar-refractivity contribution in [1.82, 2.24) is 10.2 Å². The number of piperidine rings is 1. The molecule has 2 aliphatic rings. The number of aromatic hydroxyl groups is 1. The lowest BCUT2D eigenvalue weighted by Gasteiger charge is -2.39. The van der Waals surface area contributed by atoms with Crippen LogP contribution in [0.15, 0.2) is 42.5 Å². The van der Waals surface area contributed by atoms with Gasteiger partial charge in [0.05, 0.1) is 10.6 Å². The van der Waals surface area contributed by atoms with Gasteiger partial charge in [0.1, 0.15) is 5.75 Å². The van der Waals surface area contributed by atoms with Crippen molar-refractivity contribution in [1.29, 1.82) is 0 Å². The zero-order valence-corrected chi connectivity index (χ0v) is 17.2. The second kappa shape index (κ2) is 8.07. The quantitative estimate of drug-likeness (QED) is 0.789. The zero-order valence-electron chi connectivity index (χ0n) is 16.4. The SMILES string of the molecule is CC(=O)NCC1C[C@H]2CC[C@@H](C1)N2C(=O)c1cc(-c2ccccc2)cc(Cl)c1O. The van der Waals surface area contributed by atoms with Crippen LogP contribution in [0.4, 0.5) is 0 Å². The van der Waals surface area contributed by atoms with E-state index in [0.717, 1.165) is 36.8 Å². The number of carbonyl (C=O) groups excluding carboxylic acids is 2. The van der Waals surface area contributed by atoms with Gasteiger partial charge in [0.2, 0.25) is 5.91 Å². The minimum atomic E-state index is -0.160. The van der Waals surface area contributed by atoms with Gasteiger partial charge in [-0.1, -0.05) is 41.9 Å². The van der Waals surface area contributed by atoms with Gasteiger partial charge in [-0.05, 0) is 54.9 Å². The molecular weight excluding hydrogens is 388 g/mol. The molecule has 3 atom stereocenters. The molecule has 0 saturated carbocycles. The smallest absolute Gasteiger partial charge is 0.258 e. The lowest BCUT2D eigenvalue weighted by atomic mass is 9.89. The van der Waals surface area contributed by atoms with Crippen molar-refractivity contribution in [2.45, 2.75) is 44.7 Å². The predicted molar refractivity (Wildman–Crippen MR) is 113 cm³/mol. The molecule has 2 bridgehead atoms. The molecule has 6 heteroatoms. The maximum absolute atomic E-state index is 13.4. The van der Waals surface area contributed by atoms with Crippen molar-refractivity contribution < 1.29 is 14.7 Å². The van der Waals surface area contributed by atoms with Crippen LogP contribution >= 0.6 is 11.6 Å². The molecule has 152 valence electrons. The van der Waals surface area contributed by atoms with Crippen LogP contribution in [0.3, 0.4) is 0 Å². The van der Waals surface area contributed by atoms with Gasteiger partial charge in [0.25, 0.3) is 5.91 Å². The highest BCUT2D eigenvalue weighted by atomic mass is 35.5. The van der Waals surface area contributed by atoms with Gasteiger partial charge in [-0.2, -0.15) is 0 Å². The van der Waals surface area contributed by atoms with Crippen molar-refractivity contribution in [2.24, 2.45) is 5.92 Å². The molecule has 2 fully saturated rings. The Balaban J connectivity index is 1.59. The fourth-order valence-electron chi connectivity index (χ4n) is 4.77. The molecule has 0 radical (unpaired) electrons. The van der Waals surface area contributed by atoms with Crippen molar-refractivity contribution >= 4 is 23.4 Å². The summed E-state index contributed by atoms with van der Waals surface area (Å²) >= 11 is 6.27. The molecule has 2 aliphatic heterocycles. The molecule has 2 heterocycles. The maximum atomic E-state index is 13.4. The molecule has 2 aromatic rings. The first-order valence-corrected chi connectivity index (χ1v) is 10.5. The van der Waals surface area contributed by atoms with E-state index in [1.165, 1.54) is 6.92 Å². The van der Waals surface area contributed by atoms with Crippen molar-refractivity contribution in [3.8, 4) is 16.9 Å². The summed E-state index contributed by atoms with van der Waals surface area (Å²) in [7, 11) is 0. The van der Waals surface area contributed by atoms with Crippen LogP contribution in [0, 0.1) is 5.92 Å². The summed E-state index contributed by atoms with van der Waals surface area (Å²) < 4.78 is 0. The molecule has 1 unspecified atom stereocenters. The van der Waals surface area contributed by atoms with E-state index in [2.05, 4.69) is 5.32 Å². The third-order valence-corrected chi connectivity index (χ3v) is 6.39. The number of hydrogen-bond donors (Lipinski definition) is 2. The Morgan fingerprint density at radius 3 is 2.38 bits per heavy atom. The highest BCUT2D eigenvalue weighted by Crippen LogP contribution is 2.41. The van der Waals surface area contributed by atoms with Crippen LogP contribution in [-0.4, -0.2) is 40.4 Å². The molecule has 0 aromatic heterocycles. The van der Waals surface area contributed by atoms with Crippen molar-refractivity contribution in [2.75, 3.05) is 6.54 Å². The molecule has 2 aromatic carbocycles. The third kappa shape index (κ3) is 3.97. The number of nitrogens with one attached hydrogen (secondary N) is 1. The van der Waals surface area contributed by atoms with E-state index in [1.807, 2.05) is 35.2 Å². The Labute approximate surface area is 175 Å². The number of nitrogens with zero attached hydrogens (tertiary/aromatic N) is 1. The van der Waals surface area contributed by atoms with E-state index in [1.54, 1.807) is 12.1 Å². The monoisotopic (exact) mass is 412 g/mol. The predicted octanol–water partition coefficient (Wildman–Crippen LogP) is 4.23. The topological polar surface area (TPSA) is 69.6 Å². The number of fused-ring (bicyclic) bond motifs is 2. The van der Waals surface area contributed by atoms with Crippen LogP contribution < -0.4 is 5.32 Å². The number of benzene rings is 2. The Morgan fingerprint density at radius 1 is 1.10 bits per heavy atom. The Morgan fingerprint density at radius 2 is 1.76 bits per heavy atom. The van der Waals surface area contributed by atoms with E-state index >= 15 is 0 Å². The largest absolute Gasteiger partial charge is 0.506 e. The van der Waals surface area contributed by atoms with E-state index in [0.29, 0.717) is 12.5 Å². The lowest BCUT2D eigenvalue weighted by Crippen LogP contribution is -2.48. The summed E-state index contributed by atoms with van der Waals surface area (Å²) in [6.07, 6.45) is 3.66. The Kier molecular flexibility index (Phi) is 5.50. The van der Waals surface area contributed by atoms with Crippen LogP contribution in [0.1, 0.15) is 43.0 Å². The average molecular weight is 413 g/mol. The second-order valence-electron chi connectivity index (χ2n) is 8.09. The van der Waals surface area contributed by atoms with Crippen LogP contribution in [0.2, 0.25) is 5.02 Å². The molecule has 2 N–H and O–H groups in total. The van der Waals surface area contributed by atoms with Gasteiger partial charge in [-0.3, -0.25) is 9.59 Å². The number of phenolic OH excluding ortho intramolecular Hbond substituents is 1. The first-order chi connectivity index (χ1) is 13.9. The van der Waals surface area contributed by atoms with Crippen LogP contribution in [0.5, 0.6) is 5.75 Å². The number of rotatable bonds is 4. The minimum absolute atomic E-state index is 0.0202. The van der Waals surface area contributed by atoms with Crippen LogP contribution in [0.25, 0.3) is 11.1 Å². The van der Waals surface area contributed by atoms with Crippen molar-refractivity contribution in [3.05, 3.63) is 53.1 Å². The first kappa shape index (κ1) is 19.8. The fourth-order valence-corrected chi connectivity index (χ4v) is 4.99. The van der Waals surface area contributed by atoms with Gasteiger partial charge >= 0.3 is 0 Å². The normalized spacial score (nSPS) is 23.1. The Bertz CT molecular complexity index is 917. The molecule has 2 saturated heterocycles. The van der Waals surface area contributed by atoms with Crippen molar-refractivity contribution in [3.63, 3.8) is 0 Å². The molecule has 0 aliphatic carbocycles. The molecule has 4 rings (SSSR count). The molecule has 0 spiro atoms. The number of hydrogen-bond acceptors (Lipinski definition) is 3. The minimum Gasteiger partial charge on any atom is -0.506 e. The van der Waals surface area contributed by atoms with Gasteiger partial charge in [-0.15, -0.1) is 0 Å². The average Bonchev–Trinajstić information content (AvgIpc) is 2.98. The van der Waals surface area contributed by atoms with Gasteiger partial charge in [0.15, 0.2) is 0 Å². The Hall–Kier alpha value is -2.53. The maximum Gasteiger partial charge on any atom is 0.258 e. The summed E-state index contributed by atoms with van der Waals surface area (Å²) in [6, 6.07) is 13.4. The van der Waals surface area contributed by atoms with E-state index in [4.69, 9.17) is 11.6 Å². The summed E-state index contributed by atoms with van der Waals surface area (Å²) in [5, 5.41) is 13.6. The number of halogens is 1. The molecule has 2 amide bonds. The standard InChI is InChI=1S/C23H25ClN2O3/c1-14(27)25-13-15-9-18-7-8-19(10-15)26(18)23(29)20-11-17(12-21(24)22(20)28)16-5-3-2-4-6-16/h2-6,11-12,15,18-19,28H,7-10,13H2,1H3,(H,25,27)/t15?,18-,19+. The third-order valence-electron chi connectivity index (χ3n) is 6.11. The lowest BCUT2D eigenvalue weighted by molar-refractivity contribution is -0.119. The number of carbonyl (C=O) groups is 2. The van der Waals surface area contributed by atoms with E-state index in [-0.39, 0.29) is 40.2 Å². The zero-order chi connectivity index (χ0) is 20.5. The first-order valence-electron chi connectivity index (χ1n) is 10.1. The molecular formula is C23H25ClN2O3. The highest BCUT2D eigenvalue weighted by Gasteiger charge is 2.44. The van der Waals surface area contributed by atoms with Crippen LogP contribution in [-0.2, 0) is 4.79 Å². The highest BCUT2D eigenvalue weighted by molar-refractivity contribution is 6.33. The molecule has 29 heavy (non-hydrogen) atoms. The second-order valence-corrected chi connectivity index (χ2v) is 8.50. The van der Waals surface area contributed by atoms with E-state index < -0.39 is 0 Å².